The number of hydrogen-bond donors (Lipinski definition) is 0. The van der Waals surface area contributed by atoms with Gasteiger partial charge in [-0.2, -0.15) is 0 Å². The van der Waals surface area contributed by atoms with Crippen LogP contribution in [0.15, 0.2) is 155 Å². The van der Waals surface area contributed by atoms with E-state index in [1.54, 1.807) is 0 Å². The molecule has 0 aliphatic carbocycles. The zero-order valence-electron chi connectivity index (χ0n) is 23.8. The van der Waals surface area contributed by atoms with Gasteiger partial charge >= 0.3 is 0 Å². The van der Waals surface area contributed by atoms with E-state index in [0.29, 0.717) is 0 Å². The lowest BCUT2D eigenvalue weighted by atomic mass is 9.92. The summed E-state index contributed by atoms with van der Waals surface area (Å²) in [7, 11) is 0. The average Bonchev–Trinajstić information content (AvgIpc) is 3.64. The molecule has 0 fully saturated rings. The maximum Gasteiger partial charge on any atom is 0.143 e. The molecule has 0 unspecified atom stereocenters. The van der Waals surface area contributed by atoms with Gasteiger partial charge in [-0.15, -0.1) is 0 Å². The van der Waals surface area contributed by atoms with Gasteiger partial charge in [-0.1, -0.05) is 122 Å². The molecule has 0 bridgehead atoms. The molecule has 8 rings (SSSR count). The molecule has 0 aliphatic rings. The van der Waals surface area contributed by atoms with Crippen molar-refractivity contribution in [2.45, 2.75) is 6.92 Å². The van der Waals surface area contributed by atoms with Crippen LogP contribution >= 0.6 is 0 Å². The van der Waals surface area contributed by atoms with E-state index in [4.69, 9.17) is 8.83 Å². The molecule has 2 heteroatoms. The standard InChI is InChI=1S/C41H28O2/c1-26(28-11-4-3-5-12-28)25-27(2)29-19-21-30(22-20-29)31-23-24-33(41-40(31)35-14-7-9-17-37(35)43-41)32-15-10-18-38-39(32)34-13-6-8-16-36(34)42-38/h3-25H,2H2,1H3/b26-25+. The van der Waals surface area contributed by atoms with Gasteiger partial charge in [0, 0.05) is 27.1 Å². The smallest absolute Gasteiger partial charge is 0.143 e. The van der Waals surface area contributed by atoms with Gasteiger partial charge in [-0.05, 0) is 70.2 Å². The van der Waals surface area contributed by atoms with Crippen molar-refractivity contribution in [1.29, 1.82) is 0 Å². The lowest BCUT2D eigenvalue weighted by molar-refractivity contribution is 0.668. The Morgan fingerprint density at radius 2 is 1.14 bits per heavy atom. The van der Waals surface area contributed by atoms with Crippen LogP contribution in [0.2, 0.25) is 0 Å². The first-order chi connectivity index (χ1) is 21.2. The Kier molecular flexibility index (Phi) is 5.87. The zero-order chi connectivity index (χ0) is 28.9. The van der Waals surface area contributed by atoms with Crippen molar-refractivity contribution >= 4 is 55.0 Å². The van der Waals surface area contributed by atoms with Crippen LogP contribution in [0.4, 0.5) is 0 Å². The first-order valence-electron chi connectivity index (χ1n) is 14.5. The molecule has 0 amide bonds. The second-order valence-corrected chi connectivity index (χ2v) is 11.0. The quantitative estimate of drug-likeness (QED) is 0.199. The van der Waals surface area contributed by atoms with Crippen molar-refractivity contribution in [3.63, 3.8) is 0 Å². The van der Waals surface area contributed by atoms with Crippen LogP contribution in [0.5, 0.6) is 0 Å². The largest absolute Gasteiger partial charge is 0.456 e. The third-order valence-corrected chi connectivity index (χ3v) is 8.41. The summed E-state index contributed by atoms with van der Waals surface area (Å²) in [6.45, 7) is 6.49. The third kappa shape index (κ3) is 4.19. The van der Waals surface area contributed by atoms with E-state index >= 15 is 0 Å². The molecule has 6 aromatic carbocycles. The van der Waals surface area contributed by atoms with Crippen LogP contribution in [0.3, 0.4) is 0 Å². The number of hydrogen-bond acceptors (Lipinski definition) is 2. The highest BCUT2D eigenvalue weighted by Crippen LogP contribution is 2.45. The molecule has 2 heterocycles. The summed E-state index contributed by atoms with van der Waals surface area (Å²) in [5.74, 6) is 0. The molecule has 43 heavy (non-hydrogen) atoms. The molecule has 8 aromatic rings. The SMILES string of the molecule is C=C(/C=C(\C)c1ccccc1)c1ccc(-c2ccc(-c3cccc4oc5ccccc5c34)c3oc4ccccc4c23)cc1. The zero-order valence-corrected chi connectivity index (χ0v) is 23.8. The molecule has 0 N–H and O–H groups in total. The summed E-state index contributed by atoms with van der Waals surface area (Å²) in [5, 5.41) is 4.43. The number of para-hydroxylation sites is 2. The molecule has 2 aromatic heterocycles. The lowest BCUT2D eigenvalue weighted by Gasteiger charge is -2.11. The van der Waals surface area contributed by atoms with Gasteiger partial charge in [-0.3, -0.25) is 0 Å². The Bertz CT molecular complexity index is 2350. The van der Waals surface area contributed by atoms with Crippen LogP contribution in [-0.2, 0) is 0 Å². The van der Waals surface area contributed by atoms with E-state index in [1.807, 2.05) is 36.4 Å². The van der Waals surface area contributed by atoms with Crippen LogP contribution in [-0.4, -0.2) is 0 Å². The van der Waals surface area contributed by atoms with Gasteiger partial charge in [0.25, 0.3) is 0 Å². The molecule has 0 atom stereocenters. The summed E-state index contributed by atoms with van der Waals surface area (Å²) in [6.07, 6.45) is 2.15. The van der Waals surface area contributed by atoms with E-state index in [9.17, 15) is 0 Å². The van der Waals surface area contributed by atoms with E-state index in [2.05, 4.69) is 117 Å². The Morgan fingerprint density at radius 3 is 1.91 bits per heavy atom. The van der Waals surface area contributed by atoms with Crippen LogP contribution in [0.25, 0.3) is 77.3 Å². The molecule has 0 radical (unpaired) electrons. The highest BCUT2D eigenvalue weighted by Gasteiger charge is 2.20. The summed E-state index contributed by atoms with van der Waals surface area (Å²) in [4.78, 5) is 0. The van der Waals surface area contributed by atoms with Crippen molar-refractivity contribution in [1.82, 2.24) is 0 Å². The lowest BCUT2D eigenvalue weighted by Crippen LogP contribution is -1.87. The first-order valence-corrected chi connectivity index (χ1v) is 14.5. The summed E-state index contributed by atoms with van der Waals surface area (Å²) in [6, 6.07) is 46.3. The van der Waals surface area contributed by atoms with Crippen LogP contribution in [0, 0.1) is 0 Å². The maximum atomic E-state index is 6.63. The number of fused-ring (bicyclic) bond motifs is 6. The fraction of sp³-hybridized carbons (Fsp3) is 0.0244. The molecule has 2 nitrogen and oxygen atoms in total. The Balaban J connectivity index is 1.27. The molecule has 0 saturated carbocycles. The van der Waals surface area contributed by atoms with Gasteiger partial charge in [0.1, 0.15) is 22.3 Å². The van der Waals surface area contributed by atoms with Crippen molar-refractivity contribution in [3.8, 4) is 22.3 Å². The highest BCUT2D eigenvalue weighted by atomic mass is 16.3. The van der Waals surface area contributed by atoms with Crippen molar-refractivity contribution in [2.75, 3.05) is 0 Å². The Hall–Kier alpha value is -5.60. The van der Waals surface area contributed by atoms with Crippen LogP contribution in [0.1, 0.15) is 18.1 Å². The second-order valence-electron chi connectivity index (χ2n) is 11.0. The van der Waals surface area contributed by atoms with E-state index in [0.717, 1.165) is 77.3 Å². The van der Waals surface area contributed by atoms with Gasteiger partial charge in [-0.25, -0.2) is 0 Å². The van der Waals surface area contributed by atoms with Gasteiger partial charge in [0.05, 0.1) is 0 Å². The number of furan rings is 2. The number of rotatable bonds is 5. The van der Waals surface area contributed by atoms with Crippen molar-refractivity contribution < 1.29 is 8.83 Å². The number of allylic oxidation sites excluding steroid dienone is 3. The van der Waals surface area contributed by atoms with Crippen LogP contribution < -0.4 is 0 Å². The molecule has 0 saturated heterocycles. The Labute approximate surface area is 249 Å². The van der Waals surface area contributed by atoms with E-state index in [-0.39, 0.29) is 0 Å². The first kappa shape index (κ1) is 25.1. The summed E-state index contributed by atoms with van der Waals surface area (Å²) >= 11 is 0. The minimum Gasteiger partial charge on any atom is -0.456 e. The molecule has 0 spiro atoms. The van der Waals surface area contributed by atoms with Gasteiger partial charge in [0.2, 0.25) is 0 Å². The minimum absolute atomic E-state index is 0.874. The summed E-state index contributed by atoms with van der Waals surface area (Å²) < 4.78 is 12.8. The normalized spacial score (nSPS) is 12.1. The minimum atomic E-state index is 0.874. The fourth-order valence-corrected chi connectivity index (χ4v) is 6.27. The second kappa shape index (κ2) is 10.0. The number of benzene rings is 6. The maximum absolute atomic E-state index is 6.63. The fourth-order valence-electron chi connectivity index (χ4n) is 6.27. The third-order valence-electron chi connectivity index (χ3n) is 8.41. The average molecular weight is 553 g/mol. The van der Waals surface area contributed by atoms with Crippen molar-refractivity contribution in [3.05, 3.63) is 157 Å². The molecule has 0 aliphatic heterocycles. The van der Waals surface area contributed by atoms with E-state index in [1.165, 1.54) is 11.1 Å². The van der Waals surface area contributed by atoms with Gasteiger partial charge in [0.15, 0.2) is 0 Å². The van der Waals surface area contributed by atoms with Crippen molar-refractivity contribution in [2.24, 2.45) is 0 Å². The summed E-state index contributed by atoms with van der Waals surface area (Å²) in [5.41, 5.74) is 12.4. The predicted molar refractivity (Wildman–Crippen MR) is 181 cm³/mol. The molecule has 204 valence electrons. The molecular weight excluding hydrogens is 524 g/mol. The monoisotopic (exact) mass is 552 g/mol. The van der Waals surface area contributed by atoms with E-state index < -0.39 is 0 Å². The Morgan fingerprint density at radius 1 is 0.512 bits per heavy atom. The predicted octanol–water partition coefficient (Wildman–Crippen LogP) is 11.9. The molecular formula is C41H28O2. The highest BCUT2D eigenvalue weighted by molar-refractivity contribution is 6.20. The van der Waals surface area contributed by atoms with Gasteiger partial charge < -0.3 is 8.83 Å². The topological polar surface area (TPSA) is 26.3 Å².